The molecule has 0 unspecified atom stereocenters. The molecule has 0 heterocycles. The molecule has 0 spiro atoms. The van der Waals surface area contributed by atoms with E-state index in [0.29, 0.717) is 0 Å². The summed E-state index contributed by atoms with van der Waals surface area (Å²) in [5.41, 5.74) is 0. The maximum absolute atomic E-state index is 5.91. The maximum atomic E-state index is 5.91. The Morgan fingerprint density at radius 3 is 1.53 bits per heavy atom. The summed E-state index contributed by atoms with van der Waals surface area (Å²) in [6, 6.07) is 11.5. The zero-order valence-corrected chi connectivity index (χ0v) is 13.9. The molecule has 88 valence electrons. The van der Waals surface area contributed by atoms with Crippen LogP contribution < -0.4 is 0 Å². The highest BCUT2D eigenvalue weighted by molar-refractivity contribution is 9.11. The van der Waals surface area contributed by atoms with E-state index < -0.39 is 0 Å². The molecule has 2 aromatic carbocycles. The molecule has 0 saturated carbocycles. The summed E-state index contributed by atoms with van der Waals surface area (Å²) in [6.07, 6.45) is 0. The number of hydrogen-bond acceptors (Lipinski definition) is 1. The molecular formula is C12H6Br2Cl2S. The number of hydrogen-bond donors (Lipinski definition) is 0. The Labute approximate surface area is 131 Å². The summed E-state index contributed by atoms with van der Waals surface area (Å²) < 4.78 is 1.97. The molecule has 0 nitrogen and oxygen atoms in total. The lowest BCUT2D eigenvalue weighted by atomic mass is 10.4. The average Bonchev–Trinajstić information content (AvgIpc) is 2.25. The third kappa shape index (κ3) is 3.65. The summed E-state index contributed by atoms with van der Waals surface area (Å²) in [4.78, 5) is 2.22. The summed E-state index contributed by atoms with van der Waals surface area (Å²) >= 11 is 20.5. The van der Waals surface area contributed by atoms with Crippen LogP contribution in [-0.4, -0.2) is 0 Å². The van der Waals surface area contributed by atoms with E-state index in [2.05, 4.69) is 31.9 Å². The first kappa shape index (κ1) is 13.8. The fourth-order valence-corrected chi connectivity index (χ4v) is 3.91. The minimum Gasteiger partial charge on any atom is -0.0877 e. The SMILES string of the molecule is Clc1ccc(Sc2ccc(Cl)cc2Br)c(Br)c1. The Hall–Kier alpha value is 0.330. The topological polar surface area (TPSA) is 0 Å². The van der Waals surface area contributed by atoms with Crippen molar-refractivity contribution in [2.45, 2.75) is 9.79 Å². The van der Waals surface area contributed by atoms with Crippen molar-refractivity contribution in [3.05, 3.63) is 55.4 Å². The van der Waals surface area contributed by atoms with E-state index in [1.54, 1.807) is 11.8 Å². The van der Waals surface area contributed by atoms with Gasteiger partial charge in [0.1, 0.15) is 0 Å². The van der Waals surface area contributed by atoms with Gasteiger partial charge in [0.15, 0.2) is 0 Å². The lowest BCUT2D eigenvalue weighted by Gasteiger charge is -2.07. The molecule has 0 saturated heterocycles. The van der Waals surface area contributed by atoms with Crippen LogP contribution in [0.25, 0.3) is 0 Å². The lowest BCUT2D eigenvalue weighted by Crippen LogP contribution is -1.78. The summed E-state index contributed by atoms with van der Waals surface area (Å²) in [6.45, 7) is 0. The van der Waals surface area contributed by atoms with Crippen molar-refractivity contribution in [3.8, 4) is 0 Å². The van der Waals surface area contributed by atoms with E-state index in [0.717, 1.165) is 28.8 Å². The zero-order chi connectivity index (χ0) is 12.4. The molecule has 2 aromatic rings. The van der Waals surface area contributed by atoms with Crippen molar-refractivity contribution in [1.82, 2.24) is 0 Å². The largest absolute Gasteiger partial charge is 0.0877 e. The molecule has 0 atom stereocenters. The maximum Gasteiger partial charge on any atom is 0.0418 e. The fraction of sp³-hybridized carbons (Fsp3) is 0. The van der Waals surface area contributed by atoms with Gasteiger partial charge >= 0.3 is 0 Å². The number of halogens is 4. The van der Waals surface area contributed by atoms with Crippen molar-refractivity contribution in [1.29, 1.82) is 0 Å². The van der Waals surface area contributed by atoms with Crippen LogP contribution in [0.4, 0.5) is 0 Å². The van der Waals surface area contributed by atoms with Crippen LogP contribution in [0.1, 0.15) is 0 Å². The van der Waals surface area contributed by atoms with Gasteiger partial charge < -0.3 is 0 Å². The lowest BCUT2D eigenvalue weighted by molar-refractivity contribution is 1.35. The van der Waals surface area contributed by atoms with Gasteiger partial charge in [-0.3, -0.25) is 0 Å². The molecule has 0 bridgehead atoms. The molecule has 0 fully saturated rings. The Kier molecular flexibility index (Phi) is 4.84. The third-order valence-electron chi connectivity index (χ3n) is 2.01. The molecular weight excluding hydrogens is 407 g/mol. The molecule has 0 aliphatic heterocycles. The van der Waals surface area contributed by atoms with Gasteiger partial charge in [-0.25, -0.2) is 0 Å². The normalized spacial score (nSPS) is 10.6. The van der Waals surface area contributed by atoms with E-state index >= 15 is 0 Å². The average molecular weight is 413 g/mol. The summed E-state index contributed by atoms with van der Waals surface area (Å²) in [5, 5.41) is 1.44. The van der Waals surface area contributed by atoms with Gasteiger partial charge in [0.05, 0.1) is 0 Å². The van der Waals surface area contributed by atoms with Crippen LogP contribution in [-0.2, 0) is 0 Å². The highest BCUT2D eigenvalue weighted by Crippen LogP contribution is 2.39. The van der Waals surface area contributed by atoms with E-state index in [1.165, 1.54) is 0 Å². The van der Waals surface area contributed by atoms with E-state index in [-0.39, 0.29) is 0 Å². The molecule has 0 radical (unpaired) electrons. The number of rotatable bonds is 2. The smallest absolute Gasteiger partial charge is 0.0418 e. The second-order valence-corrected chi connectivity index (χ2v) is 6.92. The molecule has 0 aliphatic carbocycles. The Balaban J connectivity index is 2.31. The highest BCUT2D eigenvalue weighted by Gasteiger charge is 2.06. The number of benzene rings is 2. The molecule has 0 aromatic heterocycles. The Bertz CT molecular complexity index is 509. The van der Waals surface area contributed by atoms with Gasteiger partial charge in [-0.1, -0.05) is 35.0 Å². The predicted molar refractivity (Wildman–Crippen MR) is 82.4 cm³/mol. The zero-order valence-electron chi connectivity index (χ0n) is 8.38. The Morgan fingerprint density at radius 2 is 1.18 bits per heavy atom. The second kappa shape index (κ2) is 5.98. The van der Waals surface area contributed by atoms with Gasteiger partial charge in [0, 0.05) is 28.8 Å². The van der Waals surface area contributed by atoms with Crippen molar-refractivity contribution in [3.63, 3.8) is 0 Å². The molecule has 2 rings (SSSR count). The van der Waals surface area contributed by atoms with Crippen LogP contribution in [0.3, 0.4) is 0 Å². The van der Waals surface area contributed by atoms with Crippen LogP contribution in [0.15, 0.2) is 55.1 Å². The van der Waals surface area contributed by atoms with Gasteiger partial charge in [0.25, 0.3) is 0 Å². The van der Waals surface area contributed by atoms with Crippen molar-refractivity contribution in [2.75, 3.05) is 0 Å². The standard InChI is InChI=1S/C12H6Br2Cl2S/c13-9-5-7(15)1-3-11(9)17-12-4-2-8(16)6-10(12)14/h1-6H. The van der Waals surface area contributed by atoms with Crippen molar-refractivity contribution < 1.29 is 0 Å². The van der Waals surface area contributed by atoms with Crippen LogP contribution in [0, 0.1) is 0 Å². The van der Waals surface area contributed by atoms with Gasteiger partial charge in [0.2, 0.25) is 0 Å². The van der Waals surface area contributed by atoms with Crippen LogP contribution >= 0.6 is 66.8 Å². The molecule has 0 N–H and O–H groups in total. The van der Waals surface area contributed by atoms with E-state index in [1.807, 2.05) is 36.4 Å². The van der Waals surface area contributed by atoms with Crippen molar-refractivity contribution >= 4 is 66.8 Å². The van der Waals surface area contributed by atoms with Crippen LogP contribution in [0.5, 0.6) is 0 Å². The first-order chi connectivity index (χ1) is 8.06. The molecule has 0 aliphatic rings. The fourth-order valence-electron chi connectivity index (χ4n) is 1.23. The minimum atomic E-state index is 0.719. The molecule has 0 amide bonds. The predicted octanol–water partition coefficient (Wildman–Crippen LogP) is 6.67. The van der Waals surface area contributed by atoms with Crippen LogP contribution in [0.2, 0.25) is 10.0 Å². The Morgan fingerprint density at radius 1 is 0.765 bits per heavy atom. The first-order valence-electron chi connectivity index (χ1n) is 4.64. The van der Waals surface area contributed by atoms with E-state index in [4.69, 9.17) is 23.2 Å². The quantitative estimate of drug-likeness (QED) is 0.530. The van der Waals surface area contributed by atoms with Crippen molar-refractivity contribution in [2.24, 2.45) is 0 Å². The molecule has 5 heteroatoms. The highest BCUT2D eigenvalue weighted by atomic mass is 79.9. The summed E-state index contributed by atoms with van der Waals surface area (Å²) in [5.74, 6) is 0. The second-order valence-electron chi connectivity index (χ2n) is 3.25. The van der Waals surface area contributed by atoms with E-state index in [9.17, 15) is 0 Å². The monoisotopic (exact) mass is 410 g/mol. The van der Waals surface area contributed by atoms with Gasteiger partial charge in [-0.15, -0.1) is 0 Å². The first-order valence-corrected chi connectivity index (χ1v) is 7.80. The third-order valence-corrected chi connectivity index (χ3v) is 5.47. The van der Waals surface area contributed by atoms with Gasteiger partial charge in [-0.2, -0.15) is 0 Å². The van der Waals surface area contributed by atoms with Gasteiger partial charge in [-0.05, 0) is 68.3 Å². The summed E-state index contributed by atoms with van der Waals surface area (Å²) in [7, 11) is 0. The molecule has 17 heavy (non-hydrogen) atoms. The minimum absolute atomic E-state index is 0.719.